The van der Waals surface area contributed by atoms with Gasteiger partial charge in [0.05, 0.1) is 24.7 Å². The molecule has 2 aromatic rings. The maximum atomic E-state index is 13.6. The van der Waals surface area contributed by atoms with Crippen molar-refractivity contribution in [3.8, 4) is 11.5 Å². The van der Waals surface area contributed by atoms with Gasteiger partial charge in [-0.15, -0.1) is 10.2 Å². The van der Waals surface area contributed by atoms with Gasteiger partial charge in [0.2, 0.25) is 15.9 Å². The quantitative estimate of drug-likeness (QED) is 0.544. The van der Waals surface area contributed by atoms with Crippen LogP contribution in [0, 0.1) is 0 Å². The predicted molar refractivity (Wildman–Crippen MR) is 99.5 cm³/mol. The van der Waals surface area contributed by atoms with Crippen molar-refractivity contribution in [2.75, 3.05) is 32.8 Å². The van der Waals surface area contributed by atoms with Gasteiger partial charge in [-0.2, -0.15) is 35.0 Å². The highest BCUT2D eigenvalue weighted by Crippen LogP contribution is 2.38. The molecule has 1 saturated heterocycles. The third kappa shape index (κ3) is 4.63. The van der Waals surface area contributed by atoms with Crippen LogP contribution in [-0.2, 0) is 21.3 Å². The summed E-state index contributed by atoms with van der Waals surface area (Å²) < 4.78 is 128. The molecule has 0 unspecified atom stereocenters. The molecule has 0 spiro atoms. The van der Waals surface area contributed by atoms with Gasteiger partial charge in [-0.25, -0.2) is 8.42 Å². The van der Waals surface area contributed by atoms with Crippen LogP contribution in [0.1, 0.15) is 17.9 Å². The van der Waals surface area contributed by atoms with Crippen LogP contribution in [0.5, 0.6) is 0 Å². The lowest BCUT2D eigenvalue weighted by Gasteiger charge is -2.39. The van der Waals surface area contributed by atoms with Gasteiger partial charge in [0.1, 0.15) is 0 Å². The van der Waals surface area contributed by atoms with E-state index < -0.39 is 53.6 Å². The van der Waals surface area contributed by atoms with E-state index in [0.717, 1.165) is 15.3 Å². The first-order chi connectivity index (χ1) is 15.8. The van der Waals surface area contributed by atoms with Gasteiger partial charge in [-0.05, 0) is 17.7 Å². The first kappa shape index (κ1) is 24.8. The summed E-state index contributed by atoms with van der Waals surface area (Å²) in [5.41, 5.74) is 0.386. The van der Waals surface area contributed by atoms with Gasteiger partial charge < -0.3 is 9.15 Å². The number of benzene rings is 1. The van der Waals surface area contributed by atoms with Crippen molar-refractivity contribution >= 4 is 10.0 Å². The Labute approximate surface area is 188 Å². The molecule has 2 aliphatic heterocycles. The maximum absolute atomic E-state index is 13.6. The Balaban J connectivity index is 1.54. The van der Waals surface area contributed by atoms with Crippen molar-refractivity contribution < 1.29 is 48.3 Å². The van der Waals surface area contributed by atoms with Gasteiger partial charge in [0, 0.05) is 31.2 Å². The Morgan fingerprint density at radius 3 is 2.53 bits per heavy atom. The Morgan fingerprint density at radius 1 is 1.15 bits per heavy atom. The summed E-state index contributed by atoms with van der Waals surface area (Å²) in [6.45, 7) is -2.73. The van der Waals surface area contributed by atoms with Crippen molar-refractivity contribution in [3.63, 3.8) is 0 Å². The Morgan fingerprint density at radius 2 is 1.88 bits per heavy atom. The molecule has 0 radical (unpaired) electrons. The summed E-state index contributed by atoms with van der Waals surface area (Å²) in [6, 6.07) is 2.90. The number of hydrogen-bond acceptors (Lipinski definition) is 7. The third-order valence-corrected chi connectivity index (χ3v) is 7.38. The maximum Gasteiger partial charge on any atom is 0.454 e. The summed E-state index contributed by atoms with van der Waals surface area (Å²) in [4.78, 5) is 0.677. The summed E-state index contributed by atoms with van der Waals surface area (Å²) in [5, 5.41) is 6.65. The zero-order valence-corrected chi connectivity index (χ0v) is 17.9. The van der Waals surface area contributed by atoms with Crippen LogP contribution >= 0.6 is 0 Å². The topological polar surface area (TPSA) is 88.8 Å². The van der Waals surface area contributed by atoms with Gasteiger partial charge in [0.15, 0.2) is 0 Å². The summed E-state index contributed by atoms with van der Waals surface area (Å²) in [7, 11) is -4.18. The molecular formula is C18H17F7N4O4S. The molecule has 1 aromatic heterocycles. The van der Waals surface area contributed by atoms with Crippen LogP contribution in [0.25, 0.3) is 11.5 Å². The molecular weight excluding hydrogens is 501 g/mol. The Kier molecular flexibility index (Phi) is 6.37. The Hall–Kier alpha value is -2.30. The van der Waals surface area contributed by atoms with Crippen LogP contribution in [0.3, 0.4) is 0 Å². The second kappa shape index (κ2) is 8.73. The number of halogens is 7. The standard InChI is InChI=1S/C18H17F7N4O4S/c19-14(20)16-27-26-15(33-16)10-1-2-11-6-29(34(30,31)13(11)5-10)7-12-8-32-4-3-28(12)9-17(21,22)18(23,24)25/h1-2,5,12,14H,3-4,6-9H2/t12-/m0/s1. The number of morpholine rings is 1. The van der Waals surface area contributed by atoms with Gasteiger partial charge in [-0.3, -0.25) is 4.90 Å². The SMILES string of the molecule is O=S1(=O)c2cc(-c3nnc(C(F)F)o3)ccc2CN1C[C@H]1COCCN1CC(F)(F)C(F)(F)F. The fourth-order valence-corrected chi connectivity index (χ4v) is 5.42. The zero-order chi connectivity index (χ0) is 24.9. The molecule has 2 aliphatic rings. The minimum atomic E-state index is -5.75. The fraction of sp³-hybridized carbons (Fsp3) is 0.556. The molecule has 0 aliphatic carbocycles. The second-order valence-corrected chi connectivity index (χ2v) is 9.67. The van der Waals surface area contributed by atoms with E-state index in [2.05, 4.69) is 10.2 Å². The lowest BCUT2D eigenvalue weighted by Crippen LogP contribution is -2.57. The molecule has 16 heteroatoms. The monoisotopic (exact) mass is 518 g/mol. The predicted octanol–water partition coefficient (Wildman–Crippen LogP) is 3.08. The van der Waals surface area contributed by atoms with Crippen molar-refractivity contribution in [3.05, 3.63) is 29.7 Å². The van der Waals surface area contributed by atoms with E-state index in [-0.39, 0.29) is 42.7 Å². The molecule has 0 amide bonds. The van der Waals surface area contributed by atoms with E-state index in [4.69, 9.17) is 9.15 Å². The molecule has 188 valence electrons. The fourth-order valence-electron chi connectivity index (χ4n) is 3.72. The largest absolute Gasteiger partial charge is 0.454 e. The number of aromatic nitrogens is 2. The van der Waals surface area contributed by atoms with Crippen LogP contribution in [0.2, 0.25) is 0 Å². The number of rotatable bonds is 6. The average molecular weight is 518 g/mol. The van der Waals surface area contributed by atoms with Crippen molar-refractivity contribution in [2.24, 2.45) is 0 Å². The highest BCUT2D eigenvalue weighted by atomic mass is 32.2. The van der Waals surface area contributed by atoms with Crippen LogP contribution in [-0.4, -0.2) is 78.8 Å². The Bertz CT molecular complexity index is 1160. The van der Waals surface area contributed by atoms with Crippen LogP contribution in [0.15, 0.2) is 27.5 Å². The van der Waals surface area contributed by atoms with Gasteiger partial charge in [-0.1, -0.05) is 6.07 Å². The van der Waals surface area contributed by atoms with Crippen LogP contribution < -0.4 is 0 Å². The van der Waals surface area contributed by atoms with Crippen molar-refractivity contribution in [1.29, 1.82) is 0 Å². The molecule has 34 heavy (non-hydrogen) atoms. The summed E-state index contributed by atoms with van der Waals surface area (Å²) in [5.74, 6) is -6.24. The molecule has 3 heterocycles. The highest BCUT2D eigenvalue weighted by molar-refractivity contribution is 7.89. The van der Waals surface area contributed by atoms with Crippen molar-refractivity contribution in [2.45, 2.75) is 36.0 Å². The number of nitrogens with zero attached hydrogens (tertiary/aromatic N) is 4. The second-order valence-electron chi connectivity index (χ2n) is 7.77. The van der Waals surface area contributed by atoms with E-state index in [9.17, 15) is 39.2 Å². The van der Waals surface area contributed by atoms with E-state index in [1.165, 1.54) is 12.1 Å². The number of alkyl halides is 7. The lowest BCUT2D eigenvalue weighted by molar-refractivity contribution is -0.289. The minimum Gasteiger partial charge on any atom is -0.415 e. The van der Waals surface area contributed by atoms with Crippen molar-refractivity contribution in [1.82, 2.24) is 19.4 Å². The van der Waals surface area contributed by atoms with E-state index in [0.29, 0.717) is 5.56 Å². The van der Waals surface area contributed by atoms with Gasteiger partial charge >= 0.3 is 18.5 Å². The number of fused-ring (bicyclic) bond motifs is 1. The molecule has 1 atom stereocenters. The summed E-state index contributed by atoms with van der Waals surface area (Å²) in [6.07, 6.45) is -8.76. The number of hydrogen-bond donors (Lipinski definition) is 0. The van der Waals surface area contributed by atoms with E-state index >= 15 is 0 Å². The minimum absolute atomic E-state index is 0.0658. The first-order valence-corrected chi connectivity index (χ1v) is 11.2. The normalized spacial score (nSPS) is 21.8. The molecule has 4 rings (SSSR count). The molecule has 8 nitrogen and oxygen atoms in total. The first-order valence-electron chi connectivity index (χ1n) is 9.81. The van der Waals surface area contributed by atoms with E-state index in [1.807, 2.05) is 0 Å². The molecule has 1 fully saturated rings. The van der Waals surface area contributed by atoms with Crippen LogP contribution in [0.4, 0.5) is 30.7 Å². The highest BCUT2D eigenvalue weighted by Gasteiger charge is 2.58. The molecule has 0 N–H and O–H groups in total. The molecule has 0 saturated carbocycles. The lowest BCUT2D eigenvalue weighted by atomic mass is 10.1. The average Bonchev–Trinajstić information content (AvgIpc) is 3.32. The summed E-state index contributed by atoms with van der Waals surface area (Å²) >= 11 is 0. The molecule has 1 aromatic carbocycles. The number of ether oxygens (including phenoxy) is 1. The number of sulfonamides is 1. The van der Waals surface area contributed by atoms with E-state index in [1.54, 1.807) is 0 Å². The van der Waals surface area contributed by atoms with Gasteiger partial charge in [0.25, 0.3) is 5.89 Å². The third-order valence-electron chi connectivity index (χ3n) is 5.49. The molecule has 0 bridgehead atoms. The smallest absolute Gasteiger partial charge is 0.415 e. The zero-order valence-electron chi connectivity index (χ0n) is 17.1.